The highest BCUT2D eigenvalue weighted by Crippen LogP contribution is 2.40. The summed E-state index contributed by atoms with van der Waals surface area (Å²) in [5, 5.41) is 13.9. The fourth-order valence-electron chi connectivity index (χ4n) is 3.67. The predicted molar refractivity (Wildman–Crippen MR) is 132 cm³/mol. The summed E-state index contributed by atoms with van der Waals surface area (Å²) in [5.41, 5.74) is 1.75. The number of nitrogens with zero attached hydrogens (tertiary/aromatic N) is 3. The molecule has 1 saturated carbocycles. The normalized spacial score (nSPS) is 19.1. The lowest BCUT2D eigenvalue weighted by Gasteiger charge is -2.15. The van der Waals surface area contributed by atoms with Crippen molar-refractivity contribution in [3.8, 4) is 5.75 Å². The van der Waals surface area contributed by atoms with Crippen molar-refractivity contribution >= 4 is 45.8 Å². The Labute approximate surface area is 201 Å². The number of amidine groups is 1. The standard InChI is InChI=1S/C24H26N4O5S/c1-14(2)15-4-6-16(7-5-15)25-24-27(17-8-9-17)23(30)21(34-24)13-22(29)26-19-11-10-18(33-3)12-20(19)28(31)32/h4-7,10-12,14,17,21H,8-9,13H2,1-3H3,(H,26,29). The number of ether oxygens (including phenoxy) is 1. The van der Waals surface area contributed by atoms with Crippen molar-refractivity contribution in [2.75, 3.05) is 12.4 Å². The van der Waals surface area contributed by atoms with Gasteiger partial charge in [0.1, 0.15) is 16.7 Å². The van der Waals surface area contributed by atoms with E-state index in [9.17, 15) is 19.7 Å². The van der Waals surface area contributed by atoms with Gasteiger partial charge in [-0.25, -0.2) is 4.99 Å². The first-order chi connectivity index (χ1) is 16.3. The van der Waals surface area contributed by atoms with Gasteiger partial charge < -0.3 is 10.1 Å². The van der Waals surface area contributed by atoms with Crippen molar-refractivity contribution in [1.29, 1.82) is 0 Å². The maximum Gasteiger partial charge on any atom is 0.296 e. The van der Waals surface area contributed by atoms with Gasteiger partial charge in [-0.2, -0.15) is 0 Å². The Balaban J connectivity index is 1.49. The van der Waals surface area contributed by atoms with E-state index < -0.39 is 16.1 Å². The second-order valence-electron chi connectivity index (χ2n) is 8.58. The minimum atomic E-state index is -0.633. The minimum absolute atomic E-state index is 0.0597. The van der Waals surface area contributed by atoms with Gasteiger partial charge in [0.2, 0.25) is 11.8 Å². The molecule has 34 heavy (non-hydrogen) atoms. The predicted octanol–water partition coefficient (Wildman–Crippen LogP) is 4.85. The molecular formula is C24H26N4O5S. The molecule has 0 spiro atoms. The van der Waals surface area contributed by atoms with E-state index in [-0.39, 0.29) is 29.7 Å². The van der Waals surface area contributed by atoms with Crippen LogP contribution in [0.4, 0.5) is 17.1 Å². The van der Waals surface area contributed by atoms with E-state index in [4.69, 9.17) is 9.73 Å². The van der Waals surface area contributed by atoms with Gasteiger partial charge in [-0.3, -0.25) is 24.6 Å². The van der Waals surface area contributed by atoms with Gasteiger partial charge in [-0.1, -0.05) is 37.7 Å². The fraction of sp³-hybridized carbons (Fsp3) is 0.375. The largest absolute Gasteiger partial charge is 0.496 e. The Kier molecular flexibility index (Phi) is 6.87. The molecule has 1 aliphatic heterocycles. The number of hydrogen-bond donors (Lipinski definition) is 1. The number of benzene rings is 2. The molecule has 1 atom stereocenters. The van der Waals surface area contributed by atoms with Crippen molar-refractivity contribution in [2.45, 2.75) is 50.3 Å². The number of hydrogen-bond acceptors (Lipinski definition) is 7. The van der Waals surface area contributed by atoms with Crippen LogP contribution in [0.2, 0.25) is 0 Å². The summed E-state index contributed by atoms with van der Waals surface area (Å²) in [5.74, 6) is 0.104. The molecule has 1 saturated heterocycles. The molecule has 0 aromatic heterocycles. The Morgan fingerprint density at radius 1 is 1.26 bits per heavy atom. The molecule has 2 aliphatic rings. The van der Waals surface area contributed by atoms with Crippen LogP contribution in [0.25, 0.3) is 0 Å². The summed E-state index contributed by atoms with van der Waals surface area (Å²) in [6, 6.07) is 12.2. The van der Waals surface area contributed by atoms with Crippen LogP contribution in [-0.4, -0.2) is 45.2 Å². The third-order valence-electron chi connectivity index (χ3n) is 5.71. The molecule has 2 aromatic rings. The summed E-state index contributed by atoms with van der Waals surface area (Å²) < 4.78 is 5.02. The van der Waals surface area contributed by atoms with E-state index in [1.165, 1.54) is 42.6 Å². The maximum absolute atomic E-state index is 13.1. The number of thioether (sulfide) groups is 1. The molecule has 1 aliphatic carbocycles. The third kappa shape index (κ3) is 5.22. The summed E-state index contributed by atoms with van der Waals surface area (Å²) in [7, 11) is 1.41. The van der Waals surface area contributed by atoms with Crippen LogP contribution in [0.15, 0.2) is 47.5 Å². The van der Waals surface area contributed by atoms with Crippen molar-refractivity contribution in [3.05, 3.63) is 58.1 Å². The Hall–Kier alpha value is -3.40. The van der Waals surface area contributed by atoms with Gasteiger partial charge in [-0.05, 0) is 48.6 Å². The molecule has 10 heteroatoms. The number of amides is 2. The van der Waals surface area contributed by atoms with Crippen LogP contribution in [-0.2, 0) is 9.59 Å². The van der Waals surface area contributed by atoms with E-state index in [2.05, 4.69) is 19.2 Å². The molecule has 2 amide bonds. The number of nitro benzene ring substituents is 1. The van der Waals surface area contributed by atoms with Crippen molar-refractivity contribution in [2.24, 2.45) is 4.99 Å². The average Bonchev–Trinajstić information content (AvgIpc) is 3.59. The number of anilines is 1. The Morgan fingerprint density at radius 2 is 1.97 bits per heavy atom. The third-order valence-corrected chi connectivity index (χ3v) is 6.86. The second-order valence-corrected chi connectivity index (χ2v) is 9.75. The Morgan fingerprint density at radius 3 is 2.56 bits per heavy atom. The topological polar surface area (TPSA) is 114 Å². The average molecular weight is 483 g/mol. The molecule has 2 fully saturated rings. The monoisotopic (exact) mass is 482 g/mol. The zero-order valence-corrected chi connectivity index (χ0v) is 20.0. The molecular weight excluding hydrogens is 456 g/mol. The molecule has 0 bridgehead atoms. The molecule has 1 heterocycles. The van der Waals surface area contributed by atoms with Gasteiger partial charge in [0.15, 0.2) is 5.17 Å². The summed E-state index contributed by atoms with van der Waals surface area (Å²) >= 11 is 1.27. The summed E-state index contributed by atoms with van der Waals surface area (Å²) in [6.45, 7) is 4.24. The highest BCUT2D eigenvalue weighted by Gasteiger charge is 2.46. The number of carbonyl (C=O) groups excluding carboxylic acids is 2. The van der Waals surface area contributed by atoms with Gasteiger partial charge >= 0.3 is 0 Å². The van der Waals surface area contributed by atoms with E-state index in [1.807, 2.05) is 24.3 Å². The summed E-state index contributed by atoms with van der Waals surface area (Å²) in [4.78, 5) is 43.0. The molecule has 178 valence electrons. The molecule has 0 radical (unpaired) electrons. The van der Waals surface area contributed by atoms with Gasteiger partial charge in [0.25, 0.3) is 5.69 Å². The van der Waals surface area contributed by atoms with Crippen molar-refractivity contribution in [3.63, 3.8) is 0 Å². The number of methoxy groups -OCH3 is 1. The number of carbonyl (C=O) groups is 2. The maximum atomic E-state index is 13.1. The van der Waals surface area contributed by atoms with Crippen LogP contribution < -0.4 is 10.1 Å². The van der Waals surface area contributed by atoms with Crippen LogP contribution in [0, 0.1) is 10.1 Å². The number of nitrogens with one attached hydrogen (secondary N) is 1. The van der Waals surface area contributed by atoms with Crippen LogP contribution in [0.5, 0.6) is 5.75 Å². The molecule has 1 N–H and O–H groups in total. The molecule has 9 nitrogen and oxygen atoms in total. The zero-order chi connectivity index (χ0) is 24.4. The van der Waals surface area contributed by atoms with Gasteiger partial charge in [-0.15, -0.1) is 0 Å². The molecule has 1 unspecified atom stereocenters. The zero-order valence-electron chi connectivity index (χ0n) is 19.2. The fourth-order valence-corrected chi connectivity index (χ4v) is 4.89. The second kappa shape index (κ2) is 9.84. The van der Waals surface area contributed by atoms with E-state index >= 15 is 0 Å². The van der Waals surface area contributed by atoms with Gasteiger partial charge in [0, 0.05) is 12.5 Å². The highest BCUT2D eigenvalue weighted by atomic mass is 32.2. The quantitative estimate of drug-likeness (QED) is 0.425. The van der Waals surface area contributed by atoms with Crippen LogP contribution in [0.1, 0.15) is 44.6 Å². The molecule has 2 aromatic carbocycles. The Bertz CT molecular complexity index is 1140. The number of nitro groups is 1. The lowest BCUT2D eigenvalue weighted by atomic mass is 10.0. The minimum Gasteiger partial charge on any atom is -0.496 e. The van der Waals surface area contributed by atoms with E-state index in [0.29, 0.717) is 16.8 Å². The molecule has 4 rings (SSSR count). The number of aliphatic imine (C=N–C) groups is 1. The first-order valence-corrected chi connectivity index (χ1v) is 12.0. The van der Waals surface area contributed by atoms with Crippen LogP contribution in [0.3, 0.4) is 0 Å². The number of rotatable bonds is 8. The SMILES string of the molecule is COc1ccc(NC(=O)CC2SC(=Nc3ccc(C(C)C)cc3)N(C3CC3)C2=O)c([N+](=O)[O-])c1. The summed E-state index contributed by atoms with van der Waals surface area (Å²) in [6.07, 6.45) is 1.71. The first-order valence-electron chi connectivity index (χ1n) is 11.1. The first kappa shape index (κ1) is 23.7. The van der Waals surface area contributed by atoms with E-state index in [1.54, 1.807) is 4.90 Å². The lowest BCUT2D eigenvalue weighted by molar-refractivity contribution is -0.384. The van der Waals surface area contributed by atoms with Crippen molar-refractivity contribution < 1.29 is 19.2 Å². The van der Waals surface area contributed by atoms with E-state index in [0.717, 1.165) is 18.5 Å². The smallest absolute Gasteiger partial charge is 0.296 e. The highest BCUT2D eigenvalue weighted by molar-refractivity contribution is 8.15. The van der Waals surface area contributed by atoms with Gasteiger partial charge in [0.05, 0.1) is 23.8 Å². The van der Waals surface area contributed by atoms with Crippen LogP contribution >= 0.6 is 11.8 Å². The lowest BCUT2D eigenvalue weighted by Crippen LogP contribution is -2.35. The van der Waals surface area contributed by atoms with Crippen molar-refractivity contribution in [1.82, 2.24) is 4.90 Å².